The molecule has 1 saturated heterocycles. The molecule has 0 atom stereocenters. The number of amides is 1. The first-order chi connectivity index (χ1) is 13.7. The van der Waals surface area contributed by atoms with Gasteiger partial charge in [-0.05, 0) is 48.0 Å². The Morgan fingerprint density at radius 1 is 1.18 bits per heavy atom. The molecule has 2 aromatic rings. The Hall–Kier alpha value is -2.57. The normalized spacial score (nSPS) is 18.5. The van der Waals surface area contributed by atoms with Crippen LogP contribution in [0, 0.1) is 6.92 Å². The van der Waals surface area contributed by atoms with Gasteiger partial charge in [0, 0.05) is 13.1 Å². The minimum Gasteiger partial charge on any atom is -0.489 e. The summed E-state index contributed by atoms with van der Waals surface area (Å²) in [5, 5.41) is 0.770. The largest absolute Gasteiger partial charge is 0.489 e. The van der Waals surface area contributed by atoms with Crippen LogP contribution in [0.4, 0.5) is 0 Å². The molecule has 144 valence electrons. The smallest absolute Gasteiger partial charge is 0.286 e. The van der Waals surface area contributed by atoms with Crippen molar-refractivity contribution in [3.8, 4) is 5.75 Å². The second kappa shape index (κ2) is 8.63. The first-order valence-electron chi connectivity index (χ1n) is 9.31. The van der Waals surface area contributed by atoms with E-state index < -0.39 is 0 Å². The van der Waals surface area contributed by atoms with E-state index in [1.807, 2.05) is 30.3 Å². The van der Waals surface area contributed by atoms with Gasteiger partial charge in [-0.3, -0.25) is 4.79 Å². The van der Waals surface area contributed by atoms with Crippen molar-refractivity contribution in [2.75, 3.05) is 26.3 Å². The minimum atomic E-state index is -0.183. The Morgan fingerprint density at radius 2 is 1.96 bits per heavy atom. The number of aryl methyl sites for hydroxylation is 1. The summed E-state index contributed by atoms with van der Waals surface area (Å²) in [4.78, 5) is 19.2. The molecule has 1 fully saturated rings. The summed E-state index contributed by atoms with van der Waals surface area (Å²) < 4.78 is 11.3. The first kappa shape index (κ1) is 18.8. The molecule has 5 nitrogen and oxygen atoms in total. The number of thioether (sulfide) groups is 1. The van der Waals surface area contributed by atoms with Gasteiger partial charge in [-0.2, -0.15) is 4.99 Å². The third kappa shape index (κ3) is 4.64. The Balaban J connectivity index is 1.41. The molecule has 0 radical (unpaired) electrons. The number of hydrogen-bond donors (Lipinski definition) is 0. The highest BCUT2D eigenvalue weighted by molar-refractivity contribution is 8.18. The lowest BCUT2D eigenvalue weighted by atomic mass is 10.1. The molecule has 1 amide bonds. The van der Waals surface area contributed by atoms with Gasteiger partial charge in [0.05, 0.1) is 18.1 Å². The van der Waals surface area contributed by atoms with E-state index in [2.05, 4.69) is 41.1 Å². The van der Waals surface area contributed by atoms with Crippen LogP contribution in [-0.4, -0.2) is 42.3 Å². The van der Waals surface area contributed by atoms with Gasteiger partial charge in [-0.1, -0.05) is 42.0 Å². The number of amidine groups is 1. The summed E-state index contributed by atoms with van der Waals surface area (Å²) in [5.74, 6) is 0.595. The fourth-order valence-corrected chi connectivity index (χ4v) is 3.95. The van der Waals surface area contributed by atoms with Gasteiger partial charge >= 0.3 is 0 Å². The molecule has 2 aliphatic rings. The van der Waals surface area contributed by atoms with Crippen LogP contribution in [0.5, 0.6) is 5.75 Å². The average Bonchev–Trinajstić information content (AvgIpc) is 3.09. The zero-order chi connectivity index (χ0) is 19.3. The molecular formula is C22H22N2O3S. The maximum atomic E-state index is 12.3. The molecule has 0 bridgehead atoms. The molecule has 2 aliphatic heterocycles. The van der Waals surface area contributed by atoms with Crippen molar-refractivity contribution in [3.63, 3.8) is 0 Å². The zero-order valence-electron chi connectivity index (χ0n) is 15.8. The van der Waals surface area contributed by atoms with E-state index in [9.17, 15) is 4.79 Å². The van der Waals surface area contributed by atoms with Gasteiger partial charge in [0.25, 0.3) is 5.91 Å². The van der Waals surface area contributed by atoms with E-state index in [0.717, 1.165) is 35.1 Å². The molecule has 0 saturated carbocycles. The molecule has 0 spiro atoms. The molecule has 0 aliphatic carbocycles. The standard InChI is InChI=1S/C22H22N2O3S/c1-16-5-7-17(8-6-16)15-27-19-4-2-3-18(13-19)14-20-21(25)23-22(28-20)24-9-11-26-12-10-24/h2-8,13-14H,9-12,15H2,1H3. The quantitative estimate of drug-likeness (QED) is 0.737. The number of ether oxygens (including phenoxy) is 2. The summed E-state index contributed by atoms with van der Waals surface area (Å²) in [7, 11) is 0. The predicted molar refractivity (Wildman–Crippen MR) is 112 cm³/mol. The summed E-state index contributed by atoms with van der Waals surface area (Å²) >= 11 is 1.43. The van der Waals surface area contributed by atoms with E-state index in [0.29, 0.717) is 24.7 Å². The highest BCUT2D eigenvalue weighted by Crippen LogP contribution is 2.31. The van der Waals surface area contributed by atoms with E-state index >= 15 is 0 Å². The Labute approximate surface area is 169 Å². The van der Waals surface area contributed by atoms with Gasteiger partial charge in [-0.15, -0.1) is 0 Å². The lowest BCUT2D eigenvalue weighted by molar-refractivity contribution is -0.113. The fourth-order valence-electron chi connectivity index (χ4n) is 2.98. The molecule has 0 N–H and O–H groups in total. The number of nitrogens with zero attached hydrogens (tertiary/aromatic N) is 2. The summed E-state index contributed by atoms with van der Waals surface area (Å²) in [6.45, 7) is 5.47. The summed E-state index contributed by atoms with van der Waals surface area (Å²) in [6, 6.07) is 16.1. The Morgan fingerprint density at radius 3 is 2.75 bits per heavy atom. The summed E-state index contributed by atoms with van der Waals surface area (Å²) in [6.07, 6.45) is 1.88. The van der Waals surface area contributed by atoms with Crippen molar-refractivity contribution < 1.29 is 14.3 Å². The Kier molecular flexibility index (Phi) is 5.78. The highest BCUT2D eigenvalue weighted by atomic mass is 32.2. The molecule has 0 unspecified atom stereocenters. The van der Waals surface area contributed by atoms with Gasteiger partial charge < -0.3 is 14.4 Å². The number of rotatable bonds is 4. The van der Waals surface area contributed by atoms with Gasteiger partial charge in [0.15, 0.2) is 5.17 Å². The van der Waals surface area contributed by atoms with E-state index in [4.69, 9.17) is 9.47 Å². The minimum absolute atomic E-state index is 0.183. The van der Waals surface area contributed by atoms with Crippen LogP contribution >= 0.6 is 11.8 Å². The Bertz CT molecular complexity index is 916. The van der Waals surface area contributed by atoms with Crippen molar-refractivity contribution in [2.24, 2.45) is 4.99 Å². The fraction of sp³-hybridized carbons (Fsp3) is 0.273. The third-order valence-electron chi connectivity index (χ3n) is 4.57. The van der Waals surface area contributed by atoms with Crippen molar-refractivity contribution in [3.05, 3.63) is 70.1 Å². The molecule has 28 heavy (non-hydrogen) atoms. The lowest BCUT2D eigenvalue weighted by Crippen LogP contribution is -2.38. The number of benzene rings is 2. The average molecular weight is 394 g/mol. The van der Waals surface area contributed by atoms with Crippen LogP contribution in [-0.2, 0) is 16.1 Å². The van der Waals surface area contributed by atoms with E-state index in [1.165, 1.54) is 17.3 Å². The second-order valence-corrected chi connectivity index (χ2v) is 7.77. The van der Waals surface area contributed by atoms with Gasteiger partial charge in [-0.25, -0.2) is 0 Å². The maximum absolute atomic E-state index is 12.3. The second-order valence-electron chi connectivity index (χ2n) is 6.76. The monoisotopic (exact) mass is 394 g/mol. The van der Waals surface area contributed by atoms with Crippen molar-refractivity contribution in [1.82, 2.24) is 4.90 Å². The first-order valence-corrected chi connectivity index (χ1v) is 10.1. The van der Waals surface area contributed by atoms with Crippen LogP contribution in [0.15, 0.2) is 58.4 Å². The number of hydrogen-bond acceptors (Lipinski definition) is 5. The maximum Gasteiger partial charge on any atom is 0.286 e. The molecule has 2 heterocycles. The number of morpholine rings is 1. The highest BCUT2D eigenvalue weighted by Gasteiger charge is 2.27. The molecule has 2 aromatic carbocycles. The topological polar surface area (TPSA) is 51.1 Å². The zero-order valence-corrected chi connectivity index (χ0v) is 16.6. The van der Waals surface area contributed by atoms with E-state index in [1.54, 1.807) is 0 Å². The molecule has 0 aromatic heterocycles. The molecular weight excluding hydrogens is 372 g/mol. The predicted octanol–water partition coefficient (Wildman–Crippen LogP) is 3.88. The molecule has 4 rings (SSSR count). The van der Waals surface area contributed by atoms with Crippen LogP contribution in [0.25, 0.3) is 6.08 Å². The van der Waals surface area contributed by atoms with Crippen molar-refractivity contribution in [1.29, 1.82) is 0 Å². The molecule has 6 heteroatoms. The van der Waals surface area contributed by atoms with E-state index in [-0.39, 0.29) is 5.91 Å². The van der Waals surface area contributed by atoms with Gasteiger partial charge in [0.1, 0.15) is 12.4 Å². The number of carbonyl (C=O) groups is 1. The summed E-state index contributed by atoms with van der Waals surface area (Å²) in [5.41, 5.74) is 3.28. The lowest BCUT2D eigenvalue weighted by Gasteiger charge is -2.27. The third-order valence-corrected chi connectivity index (χ3v) is 5.62. The number of aliphatic imine (C=N–C) groups is 1. The van der Waals surface area contributed by atoms with Crippen molar-refractivity contribution in [2.45, 2.75) is 13.5 Å². The van der Waals surface area contributed by atoms with Crippen LogP contribution in [0.1, 0.15) is 16.7 Å². The van der Waals surface area contributed by atoms with Gasteiger partial charge in [0.2, 0.25) is 0 Å². The van der Waals surface area contributed by atoms with Crippen molar-refractivity contribution >= 4 is 28.9 Å². The van der Waals surface area contributed by atoms with Crippen LogP contribution < -0.4 is 4.74 Å². The van der Waals surface area contributed by atoms with Crippen LogP contribution in [0.2, 0.25) is 0 Å². The van der Waals surface area contributed by atoms with Crippen LogP contribution in [0.3, 0.4) is 0 Å². The SMILES string of the molecule is Cc1ccc(COc2cccc(C=C3SC(N4CCOCC4)=NC3=O)c2)cc1. The number of carbonyl (C=O) groups excluding carboxylic acids is 1.